The molecule has 0 unspecified atom stereocenters. The molecule has 1 heterocycles. The molecule has 0 saturated carbocycles. The van der Waals surface area contributed by atoms with Crippen LogP contribution in [0.5, 0.6) is 5.75 Å². The van der Waals surface area contributed by atoms with Crippen molar-refractivity contribution in [2.24, 2.45) is 0 Å². The van der Waals surface area contributed by atoms with Gasteiger partial charge in [-0.1, -0.05) is 84.9 Å². The van der Waals surface area contributed by atoms with E-state index in [1.807, 2.05) is 36.4 Å². The number of carboxylic acid groups (broad SMARTS) is 1. The first-order valence-corrected chi connectivity index (χ1v) is 11.3. The van der Waals surface area contributed by atoms with Crippen LogP contribution in [-0.2, 0) is 11.3 Å². The Kier molecular flexibility index (Phi) is 5.88. The SMILES string of the molecule is Cc1c(-c2ccccc2)n(Cc2ccccc2)c2cc(-c3ccc(OCC(=O)O)cc3)ccc12. The molecule has 0 spiro atoms. The van der Waals surface area contributed by atoms with Crippen LogP contribution in [0, 0.1) is 6.92 Å². The number of nitrogens with zero attached hydrogens (tertiary/aromatic N) is 1. The van der Waals surface area contributed by atoms with Crippen molar-refractivity contribution in [3.63, 3.8) is 0 Å². The lowest BCUT2D eigenvalue weighted by Crippen LogP contribution is -2.09. The quantitative estimate of drug-likeness (QED) is 0.299. The van der Waals surface area contributed by atoms with Gasteiger partial charge in [0.1, 0.15) is 5.75 Å². The fraction of sp³-hybridized carbons (Fsp3) is 0.100. The minimum Gasteiger partial charge on any atom is -0.482 e. The zero-order valence-electron chi connectivity index (χ0n) is 18.9. The van der Waals surface area contributed by atoms with Crippen molar-refractivity contribution < 1.29 is 14.6 Å². The van der Waals surface area contributed by atoms with E-state index >= 15 is 0 Å². The van der Waals surface area contributed by atoms with Gasteiger partial charge in [0.05, 0.1) is 5.69 Å². The fourth-order valence-electron chi connectivity index (χ4n) is 4.49. The molecule has 0 bridgehead atoms. The first-order chi connectivity index (χ1) is 16.6. The van der Waals surface area contributed by atoms with Crippen molar-refractivity contribution in [3.8, 4) is 28.1 Å². The maximum absolute atomic E-state index is 10.8. The Balaban J connectivity index is 1.61. The number of aromatic nitrogens is 1. The topological polar surface area (TPSA) is 51.5 Å². The van der Waals surface area contributed by atoms with Gasteiger partial charge in [0.25, 0.3) is 0 Å². The van der Waals surface area contributed by atoms with Crippen LogP contribution in [-0.4, -0.2) is 22.2 Å². The second-order valence-corrected chi connectivity index (χ2v) is 8.35. The minimum absolute atomic E-state index is 0.347. The van der Waals surface area contributed by atoms with Gasteiger partial charge in [0.2, 0.25) is 0 Å². The van der Waals surface area contributed by atoms with E-state index in [1.165, 1.54) is 33.3 Å². The van der Waals surface area contributed by atoms with Crippen LogP contribution in [0.2, 0.25) is 0 Å². The van der Waals surface area contributed by atoms with Gasteiger partial charge in [0, 0.05) is 17.4 Å². The Hall–Kier alpha value is -4.31. The summed E-state index contributed by atoms with van der Waals surface area (Å²) in [7, 11) is 0. The van der Waals surface area contributed by atoms with Crippen LogP contribution < -0.4 is 4.74 Å². The van der Waals surface area contributed by atoms with Gasteiger partial charge in [-0.15, -0.1) is 0 Å². The van der Waals surface area contributed by atoms with E-state index in [0.29, 0.717) is 5.75 Å². The lowest BCUT2D eigenvalue weighted by atomic mass is 10.0. The molecule has 34 heavy (non-hydrogen) atoms. The maximum Gasteiger partial charge on any atom is 0.341 e. The summed E-state index contributed by atoms with van der Waals surface area (Å²) in [6.07, 6.45) is 0. The third-order valence-electron chi connectivity index (χ3n) is 6.10. The van der Waals surface area contributed by atoms with Crippen molar-refractivity contribution in [2.45, 2.75) is 13.5 Å². The summed E-state index contributed by atoms with van der Waals surface area (Å²) in [5.74, 6) is -0.444. The summed E-state index contributed by atoms with van der Waals surface area (Å²) >= 11 is 0. The molecular formula is C30H25NO3. The molecule has 5 aromatic rings. The second kappa shape index (κ2) is 9.28. The van der Waals surface area contributed by atoms with Gasteiger partial charge in [-0.25, -0.2) is 4.79 Å². The molecule has 1 aromatic heterocycles. The minimum atomic E-state index is -0.988. The summed E-state index contributed by atoms with van der Waals surface area (Å²) in [5.41, 5.74) is 8.29. The Morgan fingerprint density at radius 3 is 2.12 bits per heavy atom. The molecule has 0 radical (unpaired) electrons. The smallest absolute Gasteiger partial charge is 0.341 e. The number of aliphatic carboxylic acids is 1. The molecule has 0 aliphatic heterocycles. The number of benzene rings is 4. The lowest BCUT2D eigenvalue weighted by molar-refractivity contribution is -0.139. The molecule has 5 rings (SSSR count). The van der Waals surface area contributed by atoms with E-state index in [2.05, 4.69) is 78.2 Å². The normalized spacial score (nSPS) is 11.0. The molecule has 0 atom stereocenters. The van der Waals surface area contributed by atoms with Gasteiger partial charge >= 0.3 is 5.97 Å². The van der Waals surface area contributed by atoms with Crippen LogP contribution in [0.3, 0.4) is 0 Å². The molecule has 4 aromatic carbocycles. The van der Waals surface area contributed by atoms with Crippen molar-refractivity contribution in [1.82, 2.24) is 4.57 Å². The monoisotopic (exact) mass is 447 g/mol. The number of hydrogen-bond donors (Lipinski definition) is 1. The Bertz CT molecular complexity index is 1440. The summed E-state index contributed by atoms with van der Waals surface area (Å²) in [5, 5.41) is 10.1. The maximum atomic E-state index is 10.8. The molecule has 0 amide bonds. The highest BCUT2D eigenvalue weighted by atomic mass is 16.5. The molecule has 0 aliphatic carbocycles. The van der Waals surface area contributed by atoms with Crippen LogP contribution in [0.4, 0.5) is 0 Å². The van der Waals surface area contributed by atoms with Crippen molar-refractivity contribution >= 4 is 16.9 Å². The zero-order chi connectivity index (χ0) is 23.5. The Labute approximate surface area is 198 Å². The van der Waals surface area contributed by atoms with Crippen molar-refractivity contribution in [2.75, 3.05) is 6.61 Å². The molecule has 1 N–H and O–H groups in total. The Morgan fingerprint density at radius 2 is 1.44 bits per heavy atom. The van der Waals surface area contributed by atoms with E-state index in [-0.39, 0.29) is 6.61 Å². The van der Waals surface area contributed by atoms with Gasteiger partial charge in [-0.2, -0.15) is 0 Å². The second-order valence-electron chi connectivity index (χ2n) is 8.35. The van der Waals surface area contributed by atoms with Gasteiger partial charge in [-0.3, -0.25) is 0 Å². The molecule has 168 valence electrons. The predicted molar refractivity (Wildman–Crippen MR) is 136 cm³/mol. The number of rotatable bonds is 7. The fourth-order valence-corrected chi connectivity index (χ4v) is 4.49. The summed E-state index contributed by atoms with van der Waals surface area (Å²) < 4.78 is 7.68. The zero-order valence-corrected chi connectivity index (χ0v) is 18.9. The number of ether oxygens (including phenoxy) is 1. The van der Waals surface area contributed by atoms with Crippen LogP contribution in [0.25, 0.3) is 33.3 Å². The first-order valence-electron chi connectivity index (χ1n) is 11.3. The first kappa shape index (κ1) is 21.5. The molecule has 4 heteroatoms. The third-order valence-corrected chi connectivity index (χ3v) is 6.10. The van der Waals surface area contributed by atoms with Crippen LogP contribution in [0.1, 0.15) is 11.1 Å². The van der Waals surface area contributed by atoms with E-state index in [4.69, 9.17) is 9.84 Å². The van der Waals surface area contributed by atoms with Crippen molar-refractivity contribution in [1.29, 1.82) is 0 Å². The molecule has 0 saturated heterocycles. The third kappa shape index (κ3) is 4.30. The molecular weight excluding hydrogens is 422 g/mol. The number of aryl methyl sites for hydroxylation is 1. The standard InChI is InChI=1S/C30H25NO3/c1-21-27-17-14-25(23-12-15-26(16-13-23)34-20-29(32)33)18-28(27)31(19-22-8-4-2-5-9-22)30(21)24-10-6-3-7-11-24/h2-18H,19-20H2,1H3,(H,32,33). The van der Waals surface area contributed by atoms with E-state index in [0.717, 1.165) is 17.7 Å². The van der Waals surface area contributed by atoms with Gasteiger partial charge in [-0.05, 0) is 52.9 Å². The van der Waals surface area contributed by atoms with Gasteiger partial charge in [0.15, 0.2) is 6.61 Å². The predicted octanol–water partition coefficient (Wildman–Crippen LogP) is 6.80. The van der Waals surface area contributed by atoms with Gasteiger partial charge < -0.3 is 14.4 Å². The molecule has 0 fully saturated rings. The highest BCUT2D eigenvalue weighted by Crippen LogP contribution is 2.36. The number of carbonyl (C=O) groups is 1. The molecule has 0 aliphatic rings. The largest absolute Gasteiger partial charge is 0.482 e. The van der Waals surface area contributed by atoms with E-state index in [1.54, 1.807) is 0 Å². The highest BCUT2D eigenvalue weighted by Gasteiger charge is 2.17. The van der Waals surface area contributed by atoms with Crippen molar-refractivity contribution in [3.05, 3.63) is 114 Å². The highest BCUT2D eigenvalue weighted by molar-refractivity contribution is 5.94. The summed E-state index contributed by atoms with van der Waals surface area (Å²) in [6, 6.07) is 35.2. The molecule has 4 nitrogen and oxygen atoms in total. The van der Waals surface area contributed by atoms with Crippen LogP contribution >= 0.6 is 0 Å². The summed E-state index contributed by atoms with van der Waals surface area (Å²) in [4.78, 5) is 10.8. The average molecular weight is 448 g/mol. The van der Waals surface area contributed by atoms with Crippen LogP contribution in [0.15, 0.2) is 103 Å². The number of carboxylic acids is 1. The lowest BCUT2D eigenvalue weighted by Gasteiger charge is -2.13. The van der Waals surface area contributed by atoms with E-state index in [9.17, 15) is 4.79 Å². The summed E-state index contributed by atoms with van der Waals surface area (Å²) in [6.45, 7) is 2.63. The average Bonchev–Trinajstić information content (AvgIpc) is 3.15. The van der Waals surface area contributed by atoms with E-state index < -0.39 is 5.97 Å². The number of fused-ring (bicyclic) bond motifs is 1. The Morgan fingerprint density at radius 1 is 0.794 bits per heavy atom. The number of hydrogen-bond acceptors (Lipinski definition) is 2.